The van der Waals surface area contributed by atoms with E-state index in [4.69, 9.17) is 5.11 Å². The molecule has 1 atom stereocenters. The van der Waals surface area contributed by atoms with E-state index in [1.807, 2.05) is 11.8 Å². The molecule has 2 N–H and O–H groups in total. The Morgan fingerprint density at radius 2 is 2.38 bits per heavy atom. The number of unbranched alkanes of at least 4 members (excludes halogenated alkanes) is 1. The predicted octanol–water partition coefficient (Wildman–Crippen LogP) is -0.421. The fourth-order valence-corrected chi connectivity index (χ4v) is 1.52. The van der Waals surface area contributed by atoms with Crippen LogP contribution in [0, 0.1) is 0 Å². The van der Waals surface area contributed by atoms with E-state index in [0.717, 1.165) is 32.5 Å². The number of aliphatic hydroxyl groups is 1. The van der Waals surface area contributed by atoms with Crippen molar-refractivity contribution in [2.24, 2.45) is 0 Å². The summed E-state index contributed by atoms with van der Waals surface area (Å²) in [5.74, 6) is 0.184. The van der Waals surface area contributed by atoms with Crippen LogP contribution in [0.5, 0.6) is 0 Å². The van der Waals surface area contributed by atoms with Crippen LogP contribution in [-0.4, -0.2) is 48.2 Å². The molecule has 1 fully saturated rings. The molecule has 0 aromatic carbocycles. The monoisotopic (exact) mass is 186 g/mol. The molecule has 0 radical (unpaired) electrons. The maximum atomic E-state index is 11.5. The normalized spacial score (nSPS) is 23.7. The van der Waals surface area contributed by atoms with Crippen molar-refractivity contribution in [2.75, 3.05) is 26.2 Å². The summed E-state index contributed by atoms with van der Waals surface area (Å²) < 4.78 is 0. The van der Waals surface area contributed by atoms with Crippen LogP contribution in [0.3, 0.4) is 0 Å². The van der Waals surface area contributed by atoms with E-state index in [1.165, 1.54) is 0 Å². The quantitative estimate of drug-likeness (QED) is 0.586. The molecule has 0 aromatic heterocycles. The minimum absolute atomic E-state index is 0.0390. The van der Waals surface area contributed by atoms with Gasteiger partial charge >= 0.3 is 0 Å². The van der Waals surface area contributed by atoms with Gasteiger partial charge in [0.15, 0.2) is 0 Å². The largest absolute Gasteiger partial charge is 0.396 e. The third-order valence-electron chi connectivity index (χ3n) is 2.35. The van der Waals surface area contributed by atoms with E-state index in [9.17, 15) is 4.79 Å². The van der Waals surface area contributed by atoms with Crippen LogP contribution in [-0.2, 0) is 4.79 Å². The Morgan fingerprint density at radius 3 is 3.08 bits per heavy atom. The van der Waals surface area contributed by atoms with Crippen molar-refractivity contribution < 1.29 is 9.90 Å². The molecule has 0 spiro atoms. The van der Waals surface area contributed by atoms with Gasteiger partial charge < -0.3 is 15.3 Å². The Balaban J connectivity index is 2.27. The molecule has 13 heavy (non-hydrogen) atoms. The first-order valence-electron chi connectivity index (χ1n) is 4.88. The lowest BCUT2D eigenvalue weighted by atomic mass is 10.2. The fourth-order valence-electron chi connectivity index (χ4n) is 1.52. The number of piperazine rings is 1. The van der Waals surface area contributed by atoms with E-state index in [1.54, 1.807) is 0 Å². The van der Waals surface area contributed by atoms with Gasteiger partial charge in [0, 0.05) is 26.2 Å². The van der Waals surface area contributed by atoms with Crippen LogP contribution in [0.4, 0.5) is 0 Å². The molecular formula is C9H18N2O2. The standard InChI is InChI=1S/C9H18N2O2/c1-8-9(13)11(6-4-10-8)5-2-3-7-12/h8,10,12H,2-7H2,1H3. The van der Waals surface area contributed by atoms with Gasteiger partial charge in [-0.15, -0.1) is 0 Å². The average molecular weight is 186 g/mol. The average Bonchev–Trinajstić information content (AvgIpc) is 2.13. The van der Waals surface area contributed by atoms with Crippen LogP contribution >= 0.6 is 0 Å². The zero-order chi connectivity index (χ0) is 9.68. The summed E-state index contributed by atoms with van der Waals surface area (Å²) in [6.45, 7) is 4.57. The lowest BCUT2D eigenvalue weighted by Crippen LogP contribution is -2.53. The second kappa shape index (κ2) is 5.19. The number of nitrogens with zero attached hydrogens (tertiary/aromatic N) is 1. The second-order valence-electron chi connectivity index (χ2n) is 3.43. The molecular weight excluding hydrogens is 168 g/mol. The summed E-state index contributed by atoms with van der Waals surface area (Å²) in [7, 11) is 0. The van der Waals surface area contributed by atoms with E-state index in [0.29, 0.717) is 0 Å². The van der Waals surface area contributed by atoms with E-state index < -0.39 is 0 Å². The van der Waals surface area contributed by atoms with Crippen LogP contribution < -0.4 is 5.32 Å². The van der Waals surface area contributed by atoms with Crippen molar-refractivity contribution >= 4 is 5.91 Å². The number of rotatable bonds is 4. The van der Waals surface area contributed by atoms with Gasteiger partial charge in [-0.2, -0.15) is 0 Å². The highest BCUT2D eigenvalue weighted by molar-refractivity contribution is 5.82. The smallest absolute Gasteiger partial charge is 0.239 e. The van der Waals surface area contributed by atoms with E-state index >= 15 is 0 Å². The van der Waals surface area contributed by atoms with Crippen molar-refractivity contribution in [3.8, 4) is 0 Å². The van der Waals surface area contributed by atoms with Crippen molar-refractivity contribution in [3.05, 3.63) is 0 Å². The Morgan fingerprint density at radius 1 is 1.62 bits per heavy atom. The molecule has 1 unspecified atom stereocenters. The number of carbonyl (C=O) groups is 1. The first-order valence-corrected chi connectivity index (χ1v) is 4.88. The minimum Gasteiger partial charge on any atom is -0.396 e. The number of hydrogen-bond acceptors (Lipinski definition) is 3. The summed E-state index contributed by atoms with van der Waals surface area (Å²) in [4.78, 5) is 13.4. The Labute approximate surface area is 78.9 Å². The predicted molar refractivity (Wildman–Crippen MR) is 50.4 cm³/mol. The molecule has 1 heterocycles. The molecule has 0 saturated carbocycles. The third kappa shape index (κ3) is 2.97. The third-order valence-corrected chi connectivity index (χ3v) is 2.35. The van der Waals surface area contributed by atoms with Gasteiger partial charge in [-0.3, -0.25) is 4.79 Å². The lowest BCUT2D eigenvalue weighted by Gasteiger charge is -2.31. The van der Waals surface area contributed by atoms with Crippen molar-refractivity contribution in [2.45, 2.75) is 25.8 Å². The van der Waals surface area contributed by atoms with Crippen LogP contribution in [0.25, 0.3) is 0 Å². The van der Waals surface area contributed by atoms with Crippen molar-refractivity contribution in [1.29, 1.82) is 0 Å². The molecule has 1 rings (SSSR count). The second-order valence-corrected chi connectivity index (χ2v) is 3.43. The molecule has 1 saturated heterocycles. The topological polar surface area (TPSA) is 52.6 Å². The Bertz CT molecular complexity index is 173. The highest BCUT2D eigenvalue weighted by Gasteiger charge is 2.23. The van der Waals surface area contributed by atoms with E-state index in [2.05, 4.69) is 5.32 Å². The molecule has 1 aliphatic heterocycles. The molecule has 0 aromatic rings. The summed E-state index contributed by atoms with van der Waals surface area (Å²) in [5, 5.41) is 11.7. The minimum atomic E-state index is -0.0390. The van der Waals surface area contributed by atoms with Gasteiger partial charge in [-0.05, 0) is 19.8 Å². The van der Waals surface area contributed by atoms with Gasteiger partial charge in [-0.1, -0.05) is 0 Å². The molecule has 4 heteroatoms. The molecule has 1 amide bonds. The summed E-state index contributed by atoms with van der Waals surface area (Å²) in [6.07, 6.45) is 1.68. The fraction of sp³-hybridized carbons (Fsp3) is 0.889. The summed E-state index contributed by atoms with van der Waals surface area (Å²) in [6, 6.07) is -0.0390. The number of nitrogens with one attached hydrogen (secondary N) is 1. The number of hydrogen-bond donors (Lipinski definition) is 2. The number of carbonyl (C=O) groups excluding carboxylic acids is 1. The molecule has 0 aliphatic carbocycles. The number of aliphatic hydroxyl groups excluding tert-OH is 1. The first kappa shape index (κ1) is 10.5. The van der Waals surface area contributed by atoms with Crippen LogP contribution in [0.1, 0.15) is 19.8 Å². The molecule has 0 bridgehead atoms. The van der Waals surface area contributed by atoms with Gasteiger partial charge in [0.2, 0.25) is 5.91 Å². The van der Waals surface area contributed by atoms with Crippen LogP contribution in [0.15, 0.2) is 0 Å². The molecule has 1 aliphatic rings. The Hall–Kier alpha value is -0.610. The summed E-state index contributed by atoms with van der Waals surface area (Å²) >= 11 is 0. The maximum Gasteiger partial charge on any atom is 0.239 e. The number of amides is 1. The SMILES string of the molecule is CC1NCCN(CCCCO)C1=O. The molecule has 4 nitrogen and oxygen atoms in total. The van der Waals surface area contributed by atoms with E-state index in [-0.39, 0.29) is 18.6 Å². The molecule has 76 valence electrons. The summed E-state index contributed by atoms with van der Waals surface area (Å²) in [5.41, 5.74) is 0. The van der Waals surface area contributed by atoms with Gasteiger partial charge in [-0.25, -0.2) is 0 Å². The van der Waals surface area contributed by atoms with Crippen molar-refractivity contribution in [3.63, 3.8) is 0 Å². The Kier molecular flexibility index (Phi) is 4.18. The zero-order valence-corrected chi connectivity index (χ0v) is 8.12. The highest BCUT2D eigenvalue weighted by atomic mass is 16.3. The zero-order valence-electron chi connectivity index (χ0n) is 8.12. The highest BCUT2D eigenvalue weighted by Crippen LogP contribution is 2.02. The van der Waals surface area contributed by atoms with Gasteiger partial charge in [0.25, 0.3) is 0 Å². The maximum absolute atomic E-state index is 11.5. The lowest BCUT2D eigenvalue weighted by molar-refractivity contribution is -0.135. The van der Waals surface area contributed by atoms with Crippen LogP contribution in [0.2, 0.25) is 0 Å². The first-order chi connectivity index (χ1) is 6.25. The van der Waals surface area contributed by atoms with Crippen molar-refractivity contribution in [1.82, 2.24) is 10.2 Å². The van der Waals surface area contributed by atoms with Gasteiger partial charge in [0.05, 0.1) is 6.04 Å². The van der Waals surface area contributed by atoms with Gasteiger partial charge in [0.1, 0.15) is 0 Å².